The highest BCUT2D eigenvalue weighted by Gasteiger charge is 2.20. The fourth-order valence-corrected chi connectivity index (χ4v) is 9.82. The highest BCUT2D eigenvalue weighted by atomic mass is 32.2. The lowest BCUT2D eigenvalue weighted by Gasteiger charge is -2.09. The average Bonchev–Trinajstić information content (AvgIpc) is 0.769. The topological polar surface area (TPSA) is 439 Å². The zero-order valence-electron chi connectivity index (χ0n) is 72.6. The summed E-state index contributed by atoms with van der Waals surface area (Å²) in [5.41, 5.74) is 8.32. The molecule has 0 saturated carbocycles. The van der Waals surface area contributed by atoms with E-state index in [0.29, 0.717) is 28.3 Å². The third-order valence-corrected chi connectivity index (χ3v) is 14.4. The molecule has 0 aliphatic heterocycles. The first kappa shape index (κ1) is 119. The number of hydrogen-bond donors (Lipinski definition) is 5. The molecule has 0 atom stereocenters. The molecule has 0 bridgehead atoms. The van der Waals surface area contributed by atoms with Gasteiger partial charge in [0.15, 0.2) is 23.0 Å². The number of azo groups is 4. The molecule has 120 heavy (non-hydrogen) atoms. The molecule has 0 aliphatic rings. The lowest BCUT2D eigenvalue weighted by atomic mass is 10.0. The number of rotatable bonds is 9. The van der Waals surface area contributed by atoms with Gasteiger partial charge < -0.3 is 20.4 Å². The molecule has 652 valence electrons. The van der Waals surface area contributed by atoms with Crippen molar-refractivity contribution in [3.8, 4) is 23.0 Å². The molecule has 0 aromatic heterocycles. The third kappa shape index (κ3) is 47.8. The first-order chi connectivity index (χ1) is 57.5. The summed E-state index contributed by atoms with van der Waals surface area (Å²) in [6.45, 7) is 47.6. The molecule has 12 rings (SSSR count). The van der Waals surface area contributed by atoms with E-state index in [0.717, 1.165) is 60.5 Å². The second-order valence-corrected chi connectivity index (χ2v) is 23.0. The van der Waals surface area contributed by atoms with Gasteiger partial charge in [-0.1, -0.05) is 296 Å². The molecule has 32 heteroatoms. The molecular weight excluding hydrogens is 1630 g/mol. The van der Waals surface area contributed by atoms with E-state index in [9.17, 15) is 33.4 Å². The van der Waals surface area contributed by atoms with Crippen LogP contribution in [0.1, 0.15) is 161 Å². The van der Waals surface area contributed by atoms with E-state index in [2.05, 4.69) is 53.9 Å². The fraction of sp³-hybridized carbons (Fsp3) is 0.273. The largest absolute Gasteiger partial charge is 0.505 e. The van der Waals surface area contributed by atoms with E-state index in [1.165, 1.54) is 23.8 Å². The van der Waals surface area contributed by atoms with Crippen molar-refractivity contribution in [3.63, 3.8) is 0 Å². The zero-order chi connectivity index (χ0) is 93.5. The number of fused-ring (bicyclic) bond motifs is 4. The normalized spacial score (nSPS) is 9.34. The number of phenolic OH excluding ortho intramolecular Hbond substituents is 4. The molecular formula is C88H116N8O19S5. The van der Waals surface area contributed by atoms with Crippen LogP contribution in [-0.2, 0) is 52.6 Å². The Morgan fingerprint density at radius 1 is 0.233 bits per heavy atom. The molecule has 5 N–H and O–H groups in total. The van der Waals surface area contributed by atoms with Crippen LogP contribution in [0.25, 0.3) is 43.1 Å². The number of nitrogens with zero attached hydrogens (tertiary/aromatic N) is 8. The van der Waals surface area contributed by atoms with Crippen molar-refractivity contribution >= 4 is 141 Å². The number of benzene rings is 12. The Morgan fingerprint density at radius 2 is 0.500 bits per heavy atom. The van der Waals surface area contributed by atoms with Gasteiger partial charge in [0.1, 0.15) is 27.6 Å². The smallest absolute Gasteiger partial charge is 0.425 e. The predicted molar refractivity (Wildman–Crippen MR) is 486 cm³/mol. The van der Waals surface area contributed by atoms with E-state index in [1.807, 2.05) is 328 Å². The summed E-state index contributed by atoms with van der Waals surface area (Å²) in [6.07, 6.45) is 0. The van der Waals surface area contributed by atoms with Gasteiger partial charge in [0, 0.05) is 26.9 Å². The average molecular weight is 1750 g/mol. The number of aromatic hydroxyl groups is 4. The number of aryl methyl sites for hydroxylation is 4. The van der Waals surface area contributed by atoms with Crippen molar-refractivity contribution in [1.29, 1.82) is 0 Å². The van der Waals surface area contributed by atoms with Crippen LogP contribution in [0.3, 0.4) is 0 Å². The Morgan fingerprint density at radius 3 is 0.850 bits per heavy atom. The van der Waals surface area contributed by atoms with Crippen molar-refractivity contribution in [2.75, 3.05) is 0 Å². The predicted octanol–water partition coefficient (Wildman–Crippen LogP) is 26.6. The second-order valence-electron chi connectivity index (χ2n) is 20.0. The van der Waals surface area contributed by atoms with Gasteiger partial charge in [-0.05, 0) is 145 Å². The van der Waals surface area contributed by atoms with E-state index < -0.39 is 52.6 Å². The van der Waals surface area contributed by atoms with Crippen LogP contribution in [0.5, 0.6) is 23.0 Å². The van der Waals surface area contributed by atoms with Gasteiger partial charge in [-0.2, -0.15) is 28.9 Å². The Labute approximate surface area is 714 Å². The molecule has 0 saturated heterocycles. The van der Waals surface area contributed by atoms with Crippen molar-refractivity contribution in [2.24, 2.45) is 40.9 Å². The van der Waals surface area contributed by atoms with Crippen LogP contribution in [0.4, 0.5) is 45.5 Å². The van der Waals surface area contributed by atoms with Gasteiger partial charge in [0.05, 0.1) is 22.7 Å². The lowest BCUT2D eigenvalue weighted by Crippen LogP contribution is -2.02. The maximum absolute atomic E-state index is 11.6. The highest BCUT2D eigenvalue weighted by molar-refractivity contribution is 7.86. The Hall–Kier alpha value is -12.3. The van der Waals surface area contributed by atoms with Crippen LogP contribution in [-0.4, -0.2) is 83.9 Å². The van der Waals surface area contributed by atoms with E-state index >= 15 is 0 Å². The minimum absolute atomic E-state index is 0.165. The summed E-state index contributed by atoms with van der Waals surface area (Å²) in [5, 5.41) is 80.0. The van der Waals surface area contributed by atoms with Gasteiger partial charge in [-0.15, -0.1) is 71.0 Å². The van der Waals surface area contributed by atoms with Crippen LogP contribution in [0.2, 0.25) is 0 Å². The maximum Gasteiger partial charge on any atom is 0.425 e. The Balaban J connectivity index is -0.000000319. The summed E-state index contributed by atoms with van der Waals surface area (Å²) in [4.78, 5) is -0.221. The quantitative estimate of drug-likeness (QED) is 0.0662. The van der Waals surface area contributed by atoms with Crippen molar-refractivity contribution in [2.45, 2.75) is 171 Å². The second kappa shape index (κ2) is 73.1. The molecule has 0 aliphatic carbocycles. The molecule has 0 heterocycles. The zero-order valence-corrected chi connectivity index (χ0v) is 76.7. The Bertz CT molecular complexity index is 5480. The van der Waals surface area contributed by atoms with Crippen molar-refractivity contribution in [3.05, 3.63) is 259 Å². The maximum atomic E-state index is 11.6. The van der Waals surface area contributed by atoms with Gasteiger partial charge in [-0.25, -0.2) is 0 Å². The lowest BCUT2D eigenvalue weighted by molar-refractivity contribution is 0.480. The molecule has 12 aromatic carbocycles. The molecule has 27 nitrogen and oxygen atoms in total. The highest BCUT2D eigenvalue weighted by Crippen LogP contribution is 2.41. The van der Waals surface area contributed by atoms with Gasteiger partial charge in [0.2, 0.25) is 0 Å². The summed E-state index contributed by atoms with van der Waals surface area (Å²) in [7, 11) is -16.9. The van der Waals surface area contributed by atoms with Gasteiger partial charge >= 0.3 is 42.4 Å². The molecule has 0 fully saturated rings. The van der Waals surface area contributed by atoms with E-state index in [-0.39, 0.29) is 44.4 Å². The molecule has 12 aromatic rings. The minimum atomic E-state index is -4.41. The van der Waals surface area contributed by atoms with Crippen LogP contribution in [0, 0.1) is 27.7 Å². The molecule has 0 radical (unpaired) electrons. The van der Waals surface area contributed by atoms with Gasteiger partial charge in [-0.3, -0.25) is 4.55 Å². The van der Waals surface area contributed by atoms with Crippen LogP contribution in [0.15, 0.2) is 282 Å². The molecule has 0 amide bonds. The minimum Gasteiger partial charge on any atom is -0.505 e. The first-order valence-electron chi connectivity index (χ1n) is 38.4. The van der Waals surface area contributed by atoms with Gasteiger partial charge in [0.25, 0.3) is 10.1 Å². The molecule has 0 unspecified atom stereocenters. The SMILES string of the molecule is CC.CC.CC.CC.CC.CC.CC.CC.CC.CC.Cc1cc2ccc(N=Nc3ccccc3)c(O)c2cc1C.Cc1ccc2c(O)c(N=Nc3ccccc3)ccc2c1S(=O)(=O)O.Cc1cccc2ccc(N=Nc3ccccc3)c(O)c12.O=S(=O)=O.O=S(=O)=O.O=S(=O)=O.O=S(=O)=O.Oc1c(N=Nc2ccccc2)ccc2ccccc12. The van der Waals surface area contributed by atoms with Crippen LogP contribution >= 0.6 is 0 Å². The standard InChI is InChI=1S/C18H16N2O.C17H14N2O4S.C17H14N2O.C16H12N2O.10C2H6.4O3S/c1-12-10-14-8-9-17(18(21)16(14)11-13(12)2)20-19-15-6-4-3-5-7-15;1-11-7-8-13-14(17(11)24(21,22)23)9-10-15(16(13)20)19-18-12-5-3-2-4-6-12;1-12-6-5-7-13-10-11-15(17(20)16(12)13)19-18-14-8-3-2-4-9-14;19-16-14-9-5-4-6-12(14)10-11-15(16)18-17-13-7-2-1-3-8-13;10*1-2;4*1-4(2)3/h3-11,21H,1-2H3;2-10,20H,1H3,(H,21,22,23);2-11,20H,1H3;1-11,19H;10*1-2H3;;;;. The fourth-order valence-electron chi connectivity index (χ4n) is 8.89. The summed E-state index contributed by atoms with van der Waals surface area (Å²) < 4.78 is 134. The van der Waals surface area contributed by atoms with Crippen molar-refractivity contribution in [1.82, 2.24) is 0 Å². The van der Waals surface area contributed by atoms with E-state index in [1.54, 1.807) is 43.3 Å². The summed E-state index contributed by atoms with van der Waals surface area (Å²) in [6, 6.07) is 72.2. The third-order valence-electron chi connectivity index (χ3n) is 13.3. The van der Waals surface area contributed by atoms with Crippen LogP contribution < -0.4 is 0 Å². The first-order valence-corrected chi connectivity index (χ1v) is 43.8. The summed E-state index contributed by atoms with van der Waals surface area (Å²) >= 11 is 0. The van der Waals surface area contributed by atoms with Crippen molar-refractivity contribution < 1.29 is 83.9 Å². The number of phenols is 4. The van der Waals surface area contributed by atoms with E-state index in [4.69, 9.17) is 50.5 Å². The number of hydrogen-bond acceptors (Lipinski definition) is 26. The summed E-state index contributed by atoms with van der Waals surface area (Å²) in [5.74, 6) is 0.324. The molecule has 0 spiro atoms. The monoisotopic (exact) mass is 1750 g/mol. The Kier molecular flexibility index (Phi) is 72.2.